The Morgan fingerprint density at radius 1 is 0.262 bits per heavy atom. The van der Waals surface area contributed by atoms with Gasteiger partial charge in [-0.1, -0.05) is 246 Å². The van der Waals surface area contributed by atoms with Crippen LogP contribution < -0.4 is 5.32 Å². The van der Waals surface area contributed by atoms with Crippen LogP contribution in [0, 0.1) is 0 Å². The third-order valence-electron chi connectivity index (χ3n) is 13.3. The summed E-state index contributed by atoms with van der Waals surface area (Å²) >= 11 is 0. The van der Waals surface area contributed by atoms with Crippen molar-refractivity contribution in [2.45, 2.75) is 310 Å². The Kier molecular flexibility index (Phi) is 50.6. The molecule has 364 valence electrons. The molecule has 0 radical (unpaired) electrons. The van der Waals surface area contributed by atoms with Crippen LogP contribution in [0.1, 0.15) is 310 Å². The minimum absolute atomic E-state index is 0.421. The molecule has 0 aliphatic carbocycles. The Balaban J connectivity index is 4.11. The van der Waals surface area contributed by atoms with Crippen LogP contribution in [-0.2, 0) is 9.59 Å². The summed E-state index contributed by atoms with van der Waals surface area (Å²) in [7, 11) is 0. The Hall–Kier alpha value is -1.10. The van der Waals surface area contributed by atoms with Gasteiger partial charge in [-0.05, 0) is 64.5 Å². The van der Waals surface area contributed by atoms with Gasteiger partial charge in [0.05, 0.1) is 0 Å². The van der Waals surface area contributed by atoms with E-state index < -0.39 is 0 Å². The molecule has 0 fully saturated rings. The molecule has 0 aromatic heterocycles. The van der Waals surface area contributed by atoms with Crippen LogP contribution in [0.3, 0.4) is 0 Å². The van der Waals surface area contributed by atoms with E-state index in [0.29, 0.717) is 11.8 Å². The number of amides is 2. The maximum atomic E-state index is 13.3. The average molecular weight is 861 g/mol. The second-order valence-corrected chi connectivity index (χ2v) is 19.4. The zero-order valence-electron chi connectivity index (χ0n) is 42.6. The quantitative estimate of drug-likeness (QED) is 0.0620. The first kappa shape index (κ1) is 59.9. The van der Waals surface area contributed by atoms with Gasteiger partial charge in [-0.15, -0.1) is 0 Å². The first-order valence-corrected chi connectivity index (χ1v) is 28.4. The number of unbranched alkanes of at least 4 members (excludes halogenated alkanes) is 36. The van der Waals surface area contributed by atoms with E-state index in [1.54, 1.807) is 0 Å². The molecule has 0 atom stereocenters. The van der Waals surface area contributed by atoms with Crippen molar-refractivity contribution in [2.24, 2.45) is 0 Å². The van der Waals surface area contributed by atoms with Gasteiger partial charge < -0.3 is 15.1 Å². The molecule has 0 heterocycles. The number of nitrogens with zero attached hydrogens (tertiary/aromatic N) is 2. The highest BCUT2D eigenvalue weighted by molar-refractivity contribution is 5.76. The van der Waals surface area contributed by atoms with Crippen molar-refractivity contribution in [3.8, 4) is 0 Å². The van der Waals surface area contributed by atoms with Gasteiger partial charge in [0.25, 0.3) is 0 Å². The maximum absolute atomic E-state index is 13.3. The molecular formula is C56H113N3O2. The van der Waals surface area contributed by atoms with E-state index in [1.165, 1.54) is 257 Å². The molecule has 0 aromatic carbocycles. The maximum Gasteiger partial charge on any atom is 0.222 e. The minimum Gasteiger partial charge on any atom is -0.343 e. The molecule has 1 N–H and O–H groups in total. The lowest BCUT2D eigenvalue weighted by atomic mass is 10.1. The summed E-state index contributed by atoms with van der Waals surface area (Å²) in [6.07, 6.45) is 56.0. The summed E-state index contributed by atoms with van der Waals surface area (Å²) in [5, 5.41) is 3.68. The fourth-order valence-corrected chi connectivity index (χ4v) is 9.02. The predicted octanol–water partition coefficient (Wildman–Crippen LogP) is 17.5. The monoisotopic (exact) mass is 860 g/mol. The summed E-state index contributed by atoms with van der Waals surface area (Å²) in [5.74, 6) is 0.841. The number of hydrogen-bond donors (Lipinski definition) is 1. The molecule has 0 aliphatic rings. The highest BCUT2D eigenvalue weighted by Gasteiger charge is 2.14. The standard InChI is InChI=1S/C56H113N3O2/c1-5-9-13-17-21-25-35-43-51-58(52-44-36-26-22-18-14-10-6-2)55(60)47-39-31-29-33-41-49-57-50-42-34-30-32-40-48-56(61)59(53-45-37-27-23-19-15-11-7-3)54-46-38-28-24-20-16-12-8-4/h57H,5-54H2,1-4H3. The topological polar surface area (TPSA) is 52.7 Å². The van der Waals surface area contributed by atoms with Gasteiger partial charge in [-0.2, -0.15) is 0 Å². The second kappa shape index (κ2) is 51.5. The molecule has 0 spiro atoms. The van der Waals surface area contributed by atoms with Gasteiger partial charge in [0.15, 0.2) is 0 Å². The van der Waals surface area contributed by atoms with E-state index in [0.717, 1.165) is 65.0 Å². The summed E-state index contributed by atoms with van der Waals surface area (Å²) < 4.78 is 0. The van der Waals surface area contributed by atoms with Crippen LogP contribution >= 0.6 is 0 Å². The Bertz CT molecular complexity index is 757. The molecule has 0 bridgehead atoms. The largest absolute Gasteiger partial charge is 0.343 e. The number of carbonyl (C=O) groups excluding carboxylic acids is 2. The molecule has 0 rings (SSSR count). The number of carbonyl (C=O) groups is 2. The highest BCUT2D eigenvalue weighted by Crippen LogP contribution is 2.16. The van der Waals surface area contributed by atoms with Crippen LogP contribution in [0.15, 0.2) is 0 Å². The van der Waals surface area contributed by atoms with Crippen molar-refractivity contribution in [3.63, 3.8) is 0 Å². The molecule has 0 aromatic rings. The number of hydrogen-bond acceptors (Lipinski definition) is 3. The van der Waals surface area contributed by atoms with E-state index in [1.807, 2.05) is 0 Å². The molecule has 0 saturated carbocycles. The van der Waals surface area contributed by atoms with Crippen molar-refractivity contribution in [2.75, 3.05) is 39.3 Å². The molecule has 0 saturated heterocycles. The van der Waals surface area contributed by atoms with Crippen LogP contribution in [0.4, 0.5) is 0 Å². The SMILES string of the molecule is CCCCCCCCCCN(CCCCCCCCCC)C(=O)CCCCCCCNCCCCCCCC(=O)N(CCCCCCCCCC)CCCCCCCCCC. The van der Waals surface area contributed by atoms with Gasteiger partial charge in [-0.3, -0.25) is 9.59 Å². The zero-order chi connectivity index (χ0) is 44.4. The first-order valence-electron chi connectivity index (χ1n) is 28.4. The lowest BCUT2D eigenvalue weighted by Crippen LogP contribution is -2.32. The van der Waals surface area contributed by atoms with Gasteiger partial charge in [0.1, 0.15) is 0 Å². The lowest BCUT2D eigenvalue weighted by molar-refractivity contribution is -0.132. The summed E-state index contributed by atoms with van der Waals surface area (Å²) in [5.41, 5.74) is 0. The lowest BCUT2D eigenvalue weighted by Gasteiger charge is -2.23. The van der Waals surface area contributed by atoms with Crippen molar-refractivity contribution < 1.29 is 9.59 Å². The molecule has 5 heteroatoms. The Morgan fingerprint density at radius 2 is 0.459 bits per heavy atom. The second-order valence-electron chi connectivity index (χ2n) is 19.4. The van der Waals surface area contributed by atoms with E-state index in [2.05, 4.69) is 42.8 Å². The van der Waals surface area contributed by atoms with Crippen molar-refractivity contribution in [1.29, 1.82) is 0 Å². The highest BCUT2D eigenvalue weighted by atomic mass is 16.2. The third kappa shape index (κ3) is 45.3. The normalized spacial score (nSPS) is 11.5. The average Bonchev–Trinajstić information content (AvgIpc) is 3.26. The molecule has 61 heavy (non-hydrogen) atoms. The van der Waals surface area contributed by atoms with E-state index in [-0.39, 0.29) is 0 Å². The van der Waals surface area contributed by atoms with Crippen LogP contribution in [-0.4, -0.2) is 60.9 Å². The molecule has 0 unspecified atom stereocenters. The van der Waals surface area contributed by atoms with Gasteiger partial charge in [-0.25, -0.2) is 0 Å². The summed E-state index contributed by atoms with van der Waals surface area (Å²) in [6, 6.07) is 0. The van der Waals surface area contributed by atoms with Crippen molar-refractivity contribution in [1.82, 2.24) is 15.1 Å². The predicted molar refractivity (Wildman–Crippen MR) is 272 cm³/mol. The van der Waals surface area contributed by atoms with E-state index >= 15 is 0 Å². The van der Waals surface area contributed by atoms with E-state index in [4.69, 9.17) is 0 Å². The van der Waals surface area contributed by atoms with E-state index in [9.17, 15) is 9.59 Å². The molecule has 0 aliphatic heterocycles. The van der Waals surface area contributed by atoms with Crippen molar-refractivity contribution >= 4 is 11.8 Å². The Morgan fingerprint density at radius 3 is 0.705 bits per heavy atom. The van der Waals surface area contributed by atoms with Crippen LogP contribution in [0.25, 0.3) is 0 Å². The Labute approximate surface area is 384 Å². The zero-order valence-corrected chi connectivity index (χ0v) is 42.6. The fourth-order valence-electron chi connectivity index (χ4n) is 9.02. The fraction of sp³-hybridized carbons (Fsp3) is 0.964. The molecule has 2 amide bonds. The molecular weight excluding hydrogens is 747 g/mol. The smallest absolute Gasteiger partial charge is 0.222 e. The summed E-state index contributed by atoms with van der Waals surface area (Å²) in [4.78, 5) is 31.0. The number of nitrogens with one attached hydrogen (secondary N) is 1. The summed E-state index contributed by atoms with van der Waals surface area (Å²) in [6.45, 7) is 15.3. The number of rotatable bonds is 52. The first-order chi connectivity index (χ1) is 30.1. The third-order valence-corrected chi connectivity index (χ3v) is 13.3. The van der Waals surface area contributed by atoms with Gasteiger partial charge in [0.2, 0.25) is 11.8 Å². The van der Waals surface area contributed by atoms with Crippen molar-refractivity contribution in [3.05, 3.63) is 0 Å². The van der Waals surface area contributed by atoms with Crippen LogP contribution in [0.5, 0.6) is 0 Å². The van der Waals surface area contributed by atoms with Crippen LogP contribution in [0.2, 0.25) is 0 Å². The molecule has 5 nitrogen and oxygen atoms in total. The minimum atomic E-state index is 0.421. The van der Waals surface area contributed by atoms with Gasteiger partial charge >= 0.3 is 0 Å². The van der Waals surface area contributed by atoms with Gasteiger partial charge in [0, 0.05) is 39.0 Å².